The van der Waals surface area contributed by atoms with Crippen LogP contribution >= 0.6 is 0 Å². The van der Waals surface area contributed by atoms with E-state index in [1.54, 1.807) is 40.6 Å². The Morgan fingerprint density at radius 2 is 1.10 bits per heavy atom. The third-order valence-corrected chi connectivity index (χ3v) is 7.71. The molecule has 0 amide bonds. The molecule has 0 aliphatic carbocycles. The maximum atomic E-state index is 10.8. The maximum absolute atomic E-state index is 10.8. The highest BCUT2D eigenvalue weighted by molar-refractivity contribution is 5.85. The number of hydrogen-bond donors (Lipinski definition) is 1. The van der Waals surface area contributed by atoms with E-state index in [9.17, 15) is 5.11 Å². The molecule has 2 atom stereocenters. The molecule has 2 aliphatic heterocycles. The first-order valence-electron chi connectivity index (χ1n) is 15.6. The third kappa shape index (κ3) is 9.65. The van der Waals surface area contributed by atoms with Crippen molar-refractivity contribution in [1.29, 1.82) is 0 Å². The first-order valence-corrected chi connectivity index (χ1v) is 15.6. The van der Waals surface area contributed by atoms with Crippen LogP contribution in [0.3, 0.4) is 0 Å². The lowest BCUT2D eigenvalue weighted by atomic mass is 9.87. The standard InChI is InChI=1S/C19H22O6.C19H20O5/c1-21-11-24-14-5-3-13(4-6-14)17-10-23-18-9-15(25-12-22-2)7-8-16(18)19(17)20;1-20-12-23-17-6-3-14(4-7-17)16-9-15-5-8-18(24-13-21-2)10-19(15)22-11-16/h3-9,17,19-20H,10-12H2,1-2H3;3-10H,11-13H2,1-2H3. The SMILES string of the molecule is COCOc1ccc(C2=Cc3ccc(OCOC)cc3OC2)cc1.COCOc1ccc(C2COc3cc(OCOC)ccc3C2O)cc1. The summed E-state index contributed by atoms with van der Waals surface area (Å²) in [4.78, 5) is 0. The molecule has 2 heterocycles. The van der Waals surface area contributed by atoms with Crippen molar-refractivity contribution in [3.8, 4) is 34.5 Å². The highest BCUT2D eigenvalue weighted by Crippen LogP contribution is 2.42. The summed E-state index contributed by atoms with van der Waals surface area (Å²) in [5.74, 6) is 4.17. The average Bonchev–Trinajstić information content (AvgIpc) is 3.15. The fourth-order valence-corrected chi connectivity index (χ4v) is 5.22. The summed E-state index contributed by atoms with van der Waals surface area (Å²) >= 11 is 0. The van der Waals surface area contributed by atoms with Gasteiger partial charge in [-0.1, -0.05) is 24.3 Å². The third-order valence-electron chi connectivity index (χ3n) is 7.71. The number of rotatable bonds is 14. The van der Waals surface area contributed by atoms with Gasteiger partial charge in [0.05, 0.1) is 12.7 Å². The molecule has 11 nitrogen and oxygen atoms in total. The second-order valence-corrected chi connectivity index (χ2v) is 11.0. The summed E-state index contributed by atoms with van der Waals surface area (Å²) in [5, 5.41) is 10.8. The number of fused-ring (bicyclic) bond motifs is 2. The molecule has 0 spiro atoms. The van der Waals surface area contributed by atoms with Crippen LogP contribution in [0.4, 0.5) is 0 Å². The zero-order valence-electron chi connectivity index (χ0n) is 28.1. The minimum absolute atomic E-state index is 0.144. The summed E-state index contributed by atoms with van der Waals surface area (Å²) in [6, 6.07) is 26.6. The second kappa shape index (κ2) is 18.1. The molecule has 2 unspecified atom stereocenters. The summed E-state index contributed by atoms with van der Waals surface area (Å²) in [6.07, 6.45) is 1.48. The minimum atomic E-state index is -0.647. The summed E-state index contributed by atoms with van der Waals surface area (Å²) in [7, 11) is 6.33. The number of ether oxygens (including phenoxy) is 10. The van der Waals surface area contributed by atoms with Gasteiger partial charge in [0.1, 0.15) is 41.1 Å². The van der Waals surface area contributed by atoms with Crippen LogP contribution in [0.25, 0.3) is 11.6 Å². The van der Waals surface area contributed by atoms with Gasteiger partial charge in [-0.3, -0.25) is 0 Å². The van der Waals surface area contributed by atoms with Crippen molar-refractivity contribution in [2.45, 2.75) is 12.0 Å². The second-order valence-electron chi connectivity index (χ2n) is 11.0. The topological polar surface area (TPSA) is 113 Å². The van der Waals surface area contributed by atoms with Gasteiger partial charge >= 0.3 is 0 Å². The number of methoxy groups -OCH3 is 4. The normalized spacial score (nSPS) is 16.0. The Bertz CT molecular complexity index is 1640. The van der Waals surface area contributed by atoms with Crippen LogP contribution in [0.2, 0.25) is 0 Å². The Morgan fingerprint density at radius 3 is 1.69 bits per heavy atom. The van der Waals surface area contributed by atoms with Gasteiger partial charge in [0, 0.05) is 57.6 Å². The van der Waals surface area contributed by atoms with Crippen LogP contribution in [0, 0.1) is 0 Å². The summed E-state index contributed by atoms with van der Waals surface area (Å²) in [6.45, 7) is 1.74. The molecule has 0 bridgehead atoms. The molecular weight excluding hydrogens is 632 g/mol. The van der Waals surface area contributed by atoms with Gasteiger partial charge in [-0.2, -0.15) is 0 Å². The average molecular weight is 675 g/mol. The Kier molecular flexibility index (Phi) is 13.1. The Morgan fingerprint density at radius 1 is 0.592 bits per heavy atom. The van der Waals surface area contributed by atoms with Crippen LogP contribution in [0.5, 0.6) is 34.5 Å². The van der Waals surface area contributed by atoms with E-state index >= 15 is 0 Å². The van der Waals surface area contributed by atoms with Crippen LogP contribution in [-0.4, -0.2) is 73.9 Å². The quantitative estimate of drug-likeness (QED) is 0.149. The highest BCUT2D eigenvalue weighted by atomic mass is 16.7. The van der Waals surface area contributed by atoms with E-state index in [1.165, 1.54) is 0 Å². The largest absolute Gasteiger partial charge is 0.492 e. The van der Waals surface area contributed by atoms with Crippen molar-refractivity contribution in [3.05, 3.63) is 107 Å². The summed E-state index contributed by atoms with van der Waals surface area (Å²) < 4.78 is 52.9. The van der Waals surface area contributed by atoms with E-state index < -0.39 is 6.10 Å². The van der Waals surface area contributed by atoms with E-state index in [0.717, 1.165) is 50.8 Å². The first-order chi connectivity index (χ1) is 24.0. The van der Waals surface area contributed by atoms with Gasteiger partial charge in [-0.15, -0.1) is 0 Å². The Labute approximate surface area is 286 Å². The molecule has 49 heavy (non-hydrogen) atoms. The van der Waals surface area contributed by atoms with Crippen molar-refractivity contribution in [3.63, 3.8) is 0 Å². The molecule has 0 aromatic heterocycles. The van der Waals surface area contributed by atoms with Crippen LogP contribution in [0.1, 0.15) is 34.3 Å². The molecular formula is C38H42O11. The van der Waals surface area contributed by atoms with Crippen molar-refractivity contribution in [2.24, 2.45) is 0 Å². The van der Waals surface area contributed by atoms with E-state index in [-0.39, 0.29) is 33.1 Å². The van der Waals surface area contributed by atoms with Gasteiger partial charge in [-0.05, 0) is 71.3 Å². The molecule has 6 rings (SSSR count). The predicted molar refractivity (Wildman–Crippen MR) is 182 cm³/mol. The van der Waals surface area contributed by atoms with Gasteiger partial charge < -0.3 is 52.5 Å². The van der Waals surface area contributed by atoms with E-state index in [1.807, 2.05) is 72.8 Å². The lowest BCUT2D eigenvalue weighted by Gasteiger charge is -2.31. The fraction of sp³-hybridized carbons (Fsp3) is 0.316. The molecule has 0 fully saturated rings. The monoisotopic (exact) mass is 674 g/mol. The highest BCUT2D eigenvalue weighted by Gasteiger charge is 2.31. The molecule has 4 aromatic carbocycles. The van der Waals surface area contributed by atoms with Gasteiger partial charge in [0.25, 0.3) is 0 Å². The predicted octanol–water partition coefficient (Wildman–Crippen LogP) is 6.45. The number of aliphatic hydroxyl groups is 1. The molecule has 11 heteroatoms. The lowest BCUT2D eigenvalue weighted by molar-refractivity contribution is 0.0499. The van der Waals surface area contributed by atoms with E-state index in [2.05, 4.69) is 6.08 Å². The molecule has 2 aliphatic rings. The zero-order chi connectivity index (χ0) is 34.4. The Hall–Kier alpha value is -4.78. The first kappa shape index (κ1) is 35.5. The molecule has 0 saturated heterocycles. The van der Waals surface area contributed by atoms with Crippen molar-refractivity contribution < 1.29 is 52.5 Å². The Balaban J connectivity index is 0.000000191. The van der Waals surface area contributed by atoms with Gasteiger partial charge in [0.2, 0.25) is 0 Å². The number of aliphatic hydroxyl groups excluding tert-OH is 1. The van der Waals surface area contributed by atoms with Crippen LogP contribution in [0.15, 0.2) is 84.9 Å². The minimum Gasteiger partial charge on any atom is -0.492 e. The number of hydrogen-bond acceptors (Lipinski definition) is 11. The van der Waals surface area contributed by atoms with Crippen molar-refractivity contribution in [1.82, 2.24) is 0 Å². The molecule has 0 radical (unpaired) electrons. The van der Waals surface area contributed by atoms with E-state index in [4.69, 9.17) is 47.4 Å². The zero-order valence-corrected chi connectivity index (χ0v) is 28.1. The number of benzene rings is 4. The molecule has 0 saturated carbocycles. The summed E-state index contributed by atoms with van der Waals surface area (Å²) in [5.41, 5.74) is 4.99. The van der Waals surface area contributed by atoms with E-state index in [0.29, 0.717) is 24.7 Å². The van der Waals surface area contributed by atoms with Crippen LogP contribution < -0.4 is 28.4 Å². The lowest BCUT2D eigenvalue weighted by Crippen LogP contribution is -2.24. The van der Waals surface area contributed by atoms with Gasteiger partial charge in [0.15, 0.2) is 27.2 Å². The molecule has 4 aromatic rings. The maximum Gasteiger partial charge on any atom is 0.188 e. The smallest absolute Gasteiger partial charge is 0.188 e. The molecule has 260 valence electrons. The van der Waals surface area contributed by atoms with Gasteiger partial charge in [-0.25, -0.2) is 0 Å². The van der Waals surface area contributed by atoms with Crippen molar-refractivity contribution in [2.75, 3.05) is 68.8 Å². The van der Waals surface area contributed by atoms with Crippen molar-refractivity contribution >= 4 is 11.6 Å². The van der Waals surface area contributed by atoms with Crippen LogP contribution in [-0.2, 0) is 18.9 Å². The fourth-order valence-electron chi connectivity index (χ4n) is 5.22. The molecule has 1 N–H and O–H groups in total.